The van der Waals surface area contributed by atoms with Gasteiger partial charge in [0.25, 0.3) is 5.91 Å². The monoisotopic (exact) mass is 361 g/mol. The second-order valence-electron chi connectivity index (χ2n) is 5.51. The van der Waals surface area contributed by atoms with Crippen molar-refractivity contribution in [3.05, 3.63) is 34.1 Å². The van der Waals surface area contributed by atoms with Gasteiger partial charge in [-0.2, -0.15) is 0 Å². The highest BCUT2D eigenvalue weighted by Crippen LogP contribution is 2.36. The Balaban J connectivity index is 1.98. The first-order valence-corrected chi connectivity index (χ1v) is 8.18. The summed E-state index contributed by atoms with van der Waals surface area (Å²) in [5, 5.41) is 2.90. The Morgan fingerprint density at radius 2 is 2.05 bits per heavy atom. The minimum absolute atomic E-state index is 0.00335. The number of alkyl halides is 1. The fraction of sp³-hybridized carbons (Fsp3) is 0.533. The Morgan fingerprint density at radius 1 is 1.35 bits per heavy atom. The summed E-state index contributed by atoms with van der Waals surface area (Å²) in [5.74, 6) is -0.115. The number of carbonyl (C=O) groups excluding carboxylic acids is 1. The average molecular weight is 363 g/mol. The first kappa shape index (κ1) is 15.8. The molecule has 5 heteroatoms. The van der Waals surface area contributed by atoms with Crippen LogP contribution in [0.2, 0.25) is 0 Å². The van der Waals surface area contributed by atoms with Crippen LogP contribution in [0.25, 0.3) is 0 Å². The Morgan fingerprint density at radius 3 is 2.65 bits per heavy atom. The van der Waals surface area contributed by atoms with Crippen molar-refractivity contribution < 1.29 is 9.18 Å². The van der Waals surface area contributed by atoms with Crippen LogP contribution in [0.1, 0.15) is 42.5 Å². The molecule has 1 aliphatic carbocycles. The fourth-order valence-electron chi connectivity index (χ4n) is 2.67. The van der Waals surface area contributed by atoms with E-state index in [1.165, 1.54) is 12.5 Å². The predicted molar refractivity (Wildman–Crippen MR) is 82.7 cm³/mol. The molecular formula is C15H18BrClFNO. The minimum atomic E-state index is -0.428. The van der Waals surface area contributed by atoms with E-state index in [9.17, 15) is 9.18 Å². The van der Waals surface area contributed by atoms with Crippen LogP contribution in [0.3, 0.4) is 0 Å². The molecule has 1 amide bonds. The minimum Gasteiger partial charge on any atom is -0.351 e. The zero-order chi connectivity index (χ0) is 14.6. The molecular weight excluding hydrogens is 345 g/mol. The van der Waals surface area contributed by atoms with Crippen LogP contribution in [-0.4, -0.2) is 18.3 Å². The van der Waals surface area contributed by atoms with E-state index in [4.69, 9.17) is 11.6 Å². The van der Waals surface area contributed by atoms with Crippen molar-refractivity contribution in [2.75, 3.05) is 12.4 Å². The molecule has 110 valence electrons. The van der Waals surface area contributed by atoms with E-state index in [1.807, 2.05) is 0 Å². The van der Waals surface area contributed by atoms with Crippen molar-refractivity contribution in [1.82, 2.24) is 5.32 Å². The van der Waals surface area contributed by atoms with Gasteiger partial charge in [-0.15, -0.1) is 11.6 Å². The summed E-state index contributed by atoms with van der Waals surface area (Å²) in [7, 11) is 0. The molecule has 0 aliphatic heterocycles. The summed E-state index contributed by atoms with van der Waals surface area (Å²) in [4.78, 5) is 12.1. The molecule has 1 saturated carbocycles. The molecule has 20 heavy (non-hydrogen) atoms. The van der Waals surface area contributed by atoms with Crippen LogP contribution in [-0.2, 0) is 0 Å². The largest absolute Gasteiger partial charge is 0.351 e. The van der Waals surface area contributed by atoms with E-state index in [2.05, 4.69) is 21.2 Å². The first-order valence-electron chi connectivity index (χ1n) is 6.86. The van der Waals surface area contributed by atoms with Gasteiger partial charge in [0.1, 0.15) is 5.82 Å². The van der Waals surface area contributed by atoms with Gasteiger partial charge in [-0.1, -0.05) is 19.3 Å². The predicted octanol–water partition coefficient (Wildman–Crippen LogP) is 4.51. The van der Waals surface area contributed by atoms with E-state index in [-0.39, 0.29) is 11.3 Å². The Labute approximate surface area is 132 Å². The highest BCUT2D eigenvalue weighted by Gasteiger charge is 2.31. The molecule has 1 aromatic carbocycles. The average Bonchev–Trinajstić information content (AvgIpc) is 2.48. The molecule has 1 fully saturated rings. The van der Waals surface area contributed by atoms with Gasteiger partial charge in [-0.25, -0.2) is 4.39 Å². The Bertz CT molecular complexity index is 489. The van der Waals surface area contributed by atoms with Gasteiger partial charge in [0, 0.05) is 23.4 Å². The van der Waals surface area contributed by atoms with Gasteiger partial charge >= 0.3 is 0 Å². The van der Waals surface area contributed by atoms with Crippen LogP contribution in [0.5, 0.6) is 0 Å². The summed E-state index contributed by atoms with van der Waals surface area (Å²) in [5.41, 5.74) is 0.342. The maximum atomic E-state index is 13.4. The van der Waals surface area contributed by atoms with Crippen molar-refractivity contribution in [3.63, 3.8) is 0 Å². The molecule has 0 radical (unpaired) electrons. The molecule has 1 N–H and O–H groups in total. The number of halogens is 3. The second kappa shape index (κ2) is 6.90. The lowest BCUT2D eigenvalue weighted by Crippen LogP contribution is -2.40. The standard InChI is InChI=1S/C15H18BrClFNO/c16-12-5-4-11(8-13(12)18)14(20)19-10-15(9-17)6-2-1-3-7-15/h4-5,8H,1-3,6-7,9-10H2,(H,19,20). The maximum absolute atomic E-state index is 13.4. The second-order valence-corrected chi connectivity index (χ2v) is 6.63. The number of rotatable bonds is 4. The lowest BCUT2D eigenvalue weighted by molar-refractivity contribution is 0.0920. The van der Waals surface area contributed by atoms with Crippen LogP contribution in [0.15, 0.2) is 22.7 Å². The van der Waals surface area contributed by atoms with Gasteiger partial charge < -0.3 is 5.32 Å². The van der Waals surface area contributed by atoms with Crippen molar-refractivity contribution in [2.24, 2.45) is 5.41 Å². The molecule has 1 aromatic rings. The molecule has 0 saturated heterocycles. The summed E-state index contributed by atoms with van der Waals surface area (Å²) in [6.07, 6.45) is 5.66. The maximum Gasteiger partial charge on any atom is 0.251 e. The summed E-state index contributed by atoms with van der Waals surface area (Å²) >= 11 is 9.17. The molecule has 0 bridgehead atoms. The van der Waals surface area contributed by atoms with E-state index < -0.39 is 5.82 Å². The molecule has 0 heterocycles. The zero-order valence-electron chi connectivity index (χ0n) is 11.2. The molecule has 0 aromatic heterocycles. The lowest BCUT2D eigenvalue weighted by Gasteiger charge is -2.35. The fourth-order valence-corrected chi connectivity index (χ4v) is 3.28. The van der Waals surface area contributed by atoms with E-state index in [0.717, 1.165) is 25.7 Å². The van der Waals surface area contributed by atoms with Crippen molar-refractivity contribution in [2.45, 2.75) is 32.1 Å². The highest BCUT2D eigenvalue weighted by molar-refractivity contribution is 9.10. The number of carbonyl (C=O) groups is 1. The van der Waals surface area contributed by atoms with Crippen LogP contribution < -0.4 is 5.32 Å². The molecule has 2 nitrogen and oxygen atoms in total. The van der Waals surface area contributed by atoms with Gasteiger partial charge in [0.2, 0.25) is 0 Å². The first-order chi connectivity index (χ1) is 9.56. The third-order valence-electron chi connectivity index (χ3n) is 4.00. The van der Waals surface area contributed by atoms with Crippen LogP contribution in [0.4, 0.5) is 4.39 Å². The lowest BCUT2D eigenvalue weighted by atomic mass is 9.75. The zero-order valence-corrected chi connectivity index (χ0v) is 13.6. The van der Waals surface area contributed by atoms with Gasteiger partial charge in [-0.3, -0.25) is 4.79 Å². The topological polar surface area (TPSA) is 29.1 Å². The van der Waals surface area contributed by atoms with Gasteiger partial charge in [0.05, 0.1) is 4.47 Å². The molecule has 2 rings (SSSR count). The summed E-state index contributed by atoms with van der Waals surface area (Å²) in [6.45, 7) is 0.563. The molecule has 0 unspecified atom stereocenters. The number of benzene rings is 1. The number of hydrogen-bond acceptors (Lipinski definition) is 1. The van der Waals surface area contributed by atoms with Crippen LogP contribution in [0, 0.1) is 11.2 Å². The smallest absolute Gasteiger partial charge is 0.251 e. The number of nitrogens with one attached hydrogen (secondary N) is 1. The third kappa shape index (κ3) is 3.73. The molecule has 0 spiro atoms. The Hall–Kier alpha value is -0.610. The van der Waals surface area contributed by atoms with Crippen molar-refractivity contribution in [1.29, 1.82) is 0 Å². The van der Waals surface area contributed by atoms with E-state index in [0.29, 0.717) is 22.5 Å². The highest BCUT2D eigenvalue weighted by atomic mass is 79.9. The quantitative estimate of drug-likeness (QED) is 0.785. The van der Waals surface area contributed by atoms with Gasteiger partial charge in [0.15, 0.2) is 0 Å². The molecule has 0 atom stereocenters. The SMILES string of the molecule is O=C(NCC1(CCl)CCCCC1)c1ccc(Br)c(F)c1. The van der Waals surface area contributed by atoms with Crippen molar-refractivity contribution >= 4 is 33.4 Å². The van der Waals surface area contributed by atoms with Crippen LogP contribution >= 0.6 is 27.5 Å². The Kier molecular flexibility index (Phi) is 5.44. The third-order valence-corrected chi connectivity index (χ3v) is 5.21. The van der Waals surface area contributed by atoms with Gasteiger partial charge in [-0.05, 0) is 47.0 Å². The van der Waals surface area contributed by atoms with Crippen molar-refractivity contribution in [3.8, 4) is 0 Å². The van der Waals surface area contributed by atoms with E-state index in [1.54, 1.807) is 12.1 Å². The normalized spacial score (nSPS) is 17.8. The molecule has 1 aliphatic rings. The number of hydrogen-bond donors (Lipinski definition) is 1. The summed E-state index contributed by atoms with van der Waals surface area (Å²) < 4.78 is 13.8. The van der Waals surface area contributed by atoms with E-state index >= 15 is 0 Å². The summed E-state index contributed by atoms with van der Waals surface area (Å²) in [6, 6.07) is 4.40. The number of amides is 1.